The zero-order valence-corrected chi connectivity index (χ0v) is 22.8. The van der Waals surface area contributed by atoms with E-state index in [-0.39, 0.29) is 29.7 Å². The van der Waals surface area contributed by atoms with Gasteiger partial charge < -0.3 is 9.30 Å². The van der Waals surface area contributed by atoms with Crippen LogP contribution in [-0.2, 0) is 26.1 Å². The van der Waals surface area contributed by atoms with Gasteiger partial charge in [0.1, 0.15) is 6.54 Å². The lowest BCUT2D eigenvalue weighted by Gasteiger charge is -2.32. The van der Waals surface area contributed by atoms with Crippen LogP contribution in [0.1, 0.15) is 49.0 Å². The van der Waals surface area contributed by atoms with Crippen molar-refractivity contribution in [2.75, 3.05) is 13.2 Å². The Bertz CT molecular complexity index is 1480. The Hall–Kier alpha value is -2.53. The normalized spacial score (nSPS) is 17.4. The van der Waals surface area contributed by atoms with E-state index in [0.717, 1.165) is 29.5 Å². The van der Waals surface area contributed by atoms with E-state index in [1.807, 2.05) is 19.9 Å². The van der Waals surface area contributed by atoms with Crippen molar-refractivity contribution in [1.29, 1.82) is 0 Å². The Morgan fingerprint density at radius 2 is 1.89 bits per heavy atom. The molecule has 1 saturated heterocycles. The second-order valence-corrected chi connectivity index (χ2v) is 12.0. The second-order valence-electron chi connectivity index (χ2n) is 8.70. The number of halogens is 1. The molecule has 4 rings (SSSR count). The molecule has 192 valence electrons. The van der Waals surface area contributed by atoms with E-state index in [2.05, 4.69) is 4.99 Å². The van der Waals surface area contributed by atoms with Crippen molar-refractivity contribution in [1.82, 2.24) is 8.87 Å². The summed E-state index contributed by atoms with van der Waals surface area (Å²) >= 11 is 7.57. The summed E-state index contributed by atoms with van der Waals surface area (Å²) in [5.74, 6) is -0.995. The number of carbonyl (C=O) groups excluding carboxylic acids is 2. The molecule has 36 heavy (non-hydrogen) atoms. The molecular weight excluding hydrogens is 522 g/mol. The third-order valence-corrected chi connectivity index (χ3v) is 9.75. The average Bonchev–Trinajstić information content (AvgIpc) is 3.19. The van der Waals surface area contributed by atoms with Crippen LogP contribution in [0, 0.1) is 6.92 Å². The third-order valence-electron chi connectivity index (χ3n) is 6.27. The summed E-state index contributed by atoms with van der Waals surface area (Å²) in [6.45, 7) is 6.09. The number of hydrogen-bond donors (Lipinski definition) is 0. The van der Waals surface area contributed by atoms with Crippen molar-refractivity contribution in [3.05, 3.63) is 57.3 Å². The van der Waals surface area contributed by atoms with Crippen LogP contribution in [0.15, 0.2) is 46.3 Å². The van der Waals surface area contributed by atoms with Crippen molar-refractivity contribution in [3.8, 4) is 0 Å². The third kappa shape index (κ3) is 5.27. The molecule has 0 saturated carbocycles. The summed E-state index contributed by atoms with van der Waals surface area (Å²) in [6.07, 6.45) is 2.69. The minimum absolute atomic E-state index is 0.0557. The zero-order chi connectivity index (χ0) is 26.0. The number of aromatic nitrogens is 1. The fourth-order valence-electron chi connectivity index (χ4n) is 4.37. The topological polar surface area (TPSA) is 98.0 Å². The Kier molecular flexibility index (Phi) is 7.99. The standard InChI is InChI=1S/C25H28ClN3O5S2/c1-4-34-22(30)15-28-23-17(3)20(26)12-13-21(23)35-25(28)27-24(31)18-8-10-19(11-9-18)36(32,33)29-14-6-5-7-16(29)2/h8-13,16H,4-7,14-15H2,1-3H3. The van der Waals surface area contributed by atoms with Crippen molar-refractivity contribution in [3.63, 3.8) is 0 Å². The van der Waals surface area contributed by atoms with Crippen LogP contribution in [0.4, 0.5) is 0 Å². The number of esters is 1. The number of ether oxygens (including phenoxy) is 1. The van der Waals surface area contributed by atoms with E-state index in [4.69, 9.17) is 16.3 Å². The van der Waals surface area contributed by atoms with Gasteiger partial charge in [-0.15, -0.1) is 0 Å². The van der Waals surface area contributed by atoms with Crippen LogP contribution < -0.4 is 4.80 Å². The molecule has 1 unspecified atom stereocenters. The molecule has 1 atom stereocenters. The maximum atomic E-state index is 13.1. The van der Waals surface area contributed by atoms with E-state index in [1.54, 1.807) is 17.6 Å². The van der Waals surface area contributed by atoms with Gasteiger partial charge in [0.25, 0.3) is 5.91 Å². The Balaban J connectivity index is 1.69. The molecule has 11 heteroatoms. The first-order chi connectivity index (χ1) is 17.1. The Morgan fingerprint density at radius 3 is 2.56 bits per heavy atom. The van der Waals surface area contributed by atoms with Gasteiger partial charge in [0.2, 0.25) is 10.0 Å². The number of carbonyl (C=O) groups is 2. The Labute approximate surface area is 219 Å². The highest BCUT2D eigenvalue weighted by molar-refractivity contribution is 7.89. The van der Waals surface area contributed by atoms with E-state index in [9.17, 15) is 18.0 Å². The van der Waals surface area contributed by atoms with Gasteiger partial charge in [0.05, 0.1) is 21.7 Å². The first-order valence-corrected chi connectivity index (χ1v) is 14.4. The second kappa shape index (κ2) is 10.8. The number of benzene rings is 2. The van der Waals surface area contributed by atoms with E-state index >= 15 is 0 Å². The summed E-state index contributed by atoms with van der Waals surface area (Å²) in [5, 5.41) is 0.538. The van der Waals surface area contributed by atoms with Gasteiger partial charge in [-0.25, -0.2) is 8.42 Å². The molecule has 1 fully saturated rings. The first kappa shape index (κ1) is 26.5. The van der Waals surface area contributed by atoms with Gasteiger partial charge in [0.15, 0.2) is 4.80 Å². The number of thiazole rings is 1. The van der Waals surface area contributed by atoms with Crippen molar-refractivity contribution in [2.45, 2.75) is 57.5 Å². The number of rotatable bonds is 6. The number of sulfonamides is 1. The molecule has 1 aliphatic heterocycles. The lowest BCUT2D eigenvalue weighted by atomic mass is 10.1. The molecule has 0 aliphatic carbocycles. The summed E-state index contributed by atoms with van der Waals surface area (Å²) in [7, 11) is -3.64. The Morgan fingerprint density at radius 1 is 1.17 bits per heavy atom. The number of fused-ring (bicyclic) bond motifs is 1. The lowest BCUT2D eigenvalue weighted by molar-refractivity contribution is -0.143. The van der Waals surface area contributed by atoms with E-state index in [1.165, 1.54) is 39.9 Å². The molecule has 1 amide bonds. The zero-order valence-electron chi connectivity index (χ0n) is 20.4. The monoisotopic (exact) mass is 549 g/mol. The molecule has 0 bridgehead atoms. The quantitative estimate of drug-likeness (QED) is 0.421. The van der Waals surface area contributed by atoms with Crippen molar-refractivity contribution in [2.24, 2.45) is 4.99 Å². The van der Waals surface area contributed by atoms with Crippen LogP contribution in [0.2, 0.25) is 5.02 Å². The summed E-state index contributed by atoms with van der Waals surface area (Å²) < 4.78 is 35.3. The number of piperidine rings is 1. The van der Waals surface area contributed by atoms with Crippen LogP contribution in [-0.4, -0.2) is 48.4 Å². The van der Waals surface area contributed by atoms with Gasteiger partial charge in [0, 0.05) is 23.2 Å². The maximum Gasteiger partial charge on any atom is 0.326 e. The molecular formula is C25H28ClN3O5S2. The number of amides is 1. The molecule has 0 N–H and O–H groups in total. The molecule has 1 aliphatic rings. The van der Waals surface area contributed by atoms with E-state index in [0.29, 0.717) is 21.9 Å². The lowest BCUT2D eigenvalue weighted by Crippen LogP contribution is -2.41. The maximum absolute atomic E-state index is 13.1. The first-order valence-electron chi connectivity index (χ1n) is 11.8. The van der Waals surface area contributed by atoms with Crippen LogP contribution in [0.3, 0.4) is 0 Å². The summed E-state index contributed by atoms with van der Waals surface area (Å²) in [6, 6.07) is 9.36. The molecule has 2 heterocycles. The highest BCUT2D eigenvalue weighted by Gasteiger charge is 2.31. The fraction of sp³-hybridized carbons (Fsp3) is 0.400. The average molecular weight is 550 g/mol. The van der Waals surface area contributed by atoms with Crippen LogP contribution in [0.25, 0.3) is 10.2 Å². The molecule has 1 aromatic heterocycles. The highest BCUT2D eigenvalue weighted by Crippen LogP contribution is 2.28. The van der Waals surface area contributed by atoms with E-state index < -0.39 is 21.9 Å². The van der Waals surface area contributed by atoms with Gasteiger partial charge in [-0.2, -0.15) is 9.30 Å². The summed E-state index contributed by atoms with van der Waals surface area (Å²) in [5.41, 5.74) is 1.73. The van der Waals surface area contributed by atoms with Crippen LogP contribution in [0.5, 0.6) is 0 Å². The predicted octanol–water partition coefficient (Wildman–Crippen LogP) is 4.53. The number of hydrogen-bond acceptors (Lipinski definition) is 6. The minimum atomic E-state index is -3.64. The smallest absolute Gasteiger partial charge is 0.326 e. The van der Waals surface area contributed by atoms with Gasteiger partial charge in [-0.3, -0.25) is 9.59 Å². The molecule has 2 aromatic carbocycles. The van der Waals surface area contributed by atoms with Crippen molar-refractivity contribution >= 4 is 55.1 Å². The van der Waals surface area contributed by atoms with Crippen LogP contribution >= 0.6 is 22.9 Å². The van der Waals surface area contributed by atoms with Gasteiger partial charge >= 0.3 is 5.97 Å². The SMILES string of the molecule is CCOC(=O)Cn1c(=NC(=O)c2ccc(S(=O)(=O)N3CCCCC3C)cc2)sc2ccc(Cl)c(C)c21. The fourth-order valence-corrected chi connectivity index (χ4v) is 7.31. The van der Waals surface area contributed by atoms with Gasteiger partial charge in [-0.1, -0.05) is 29.4 Å². The molecule has 3 aromatic rings. The largest absolute Gasteiger partial charge is 0.465 e. The molecule has 8 nitrogen and oxygen atoms in total. The highest BCUT2D eigenvalue weighted by atomic mass is 35.5. The minimum Gasteiger partial charge on any atom is -0.465 e. The molecule has 0 spiro atoms. The molecule has 0 radical (unpaired) electrons. The van der Waals surface area contributed by atoms with Gasteiger partial charge in [-0.05, 0) is 75.6 Å². The van der Waals surface area contributed by atoms with Crippen molar-refractivity contribution < 1.29 is 22.7 Å². The number of nitrogens with zero attached hydrogens (tertiary/aromatic N) is 3. The summed E-state index contributed by atoms with van der Waals surface area (Å²) in [4.78, 5) is 30.1. The number of aryl methyl sites for hydroxylation is 1. The predicted molar refractivity (Wildman–Crippen MR) is 140 cm³/mol.